The van der Waals surface area contributed by atoms with Crippen LogP contribution >= 0.6 is 0 Å². The van der Waals surface area contributed by atoms with Crippen LogP contribution in [0.4, 0.5) is 5.69 Å². The summed E-state index contributed by atoms with van der Waals surface area (Å²) in [6.45, 7) is 3.32. The maximum absolute atomic E-state index is 11.5. The second-order valence-electron chi connectivity index (χ2n) is 3.33. The Morgan fingerprint density at radius 1 is 1.31 bits per heavy atom. The molecule has 0 aliphatic rings. The summed E-state index contributed by atoms with van der Waals surface area (Å²) in [6, 6.07) is 3.52. The summed E-state index contributed by atoms with van der Waals surface area (Å²) >= 11 is 0. The molecule has 0 unspecified atom stereocenters. The number of aromatic nitrogens is 2. The number of rotatable bonds is 2. The summed E-state index contributed by atoms with van der Waals surface area (Å²) in [4.78, 5) is 24.1. The molecule has 0 amide bonds. The first-order valence-corrected chi connectivity index (χ1v) is 4.97. The van der Waals surface area contributed by atoms with Crippen molar-refractivity contribution in [2.75, 3.05) is 0 Å². The van der Waals surface area contributed by atoms with Crippen LogP contribution in [-0.2, 0) is 0 Å². The van der Waals surface area contributed by atoms with E-state index in [9.17, 15) is 4.79 Å². The molecule has 1 aromatic heterocycles. The van der Waals surface area contributed by atoms with E-state index in [0.29, 0.717) is 16.8 Å². The van der Waals surface area contributed by atoms with Gasteiger partial charge in [0.05, 0.1) is 5.52 Å². The number of benzene rings is 1. The minimum absolute atomic E-state index is 0.0202. The van der Waals surface area contributed by atoms with Crippen molar-refractivity contribution in [3.05, 3.63) is 30.1 Å². The van der Waals surface area contributed by atoms with Gasteiger partial charge in [-0.2, -0.15) is 0 Å². The lowest BCUT2D eigenvalue weighted by Gasteiger charge is -2.04. The predicted molar refractivity (Wildman–Crippen MR) is 63.4 cm³/mol. The van der Waals surface area contributed by atoms with Crippen molar-refractivity contribution in [3.63, 3.8) is 0 Å². The molecule has 0 radical (unpaired) electrons. The lowest BCUT2D eigenvalue weighted by Crippen LogP contribution is -1.95. The molecule has 4 heteroatoms. The molecule has 2 aromatic rings. The van der Waals surface area contributed by atoms with Gasteiger partial charge in [-0.15, -0.1) is 0 Å². The number of ketones is 1. The van der Waals surface area contributed by atoms with Gasteiger partial charge in [0.25, 0.3) is 0 Å². The maximum atomic E-state index is 11.5. The van der Waals surface area contributed by atoms with Gasteiger partial charge in [-0.3, -0.25) is 19.8 Å². The molecule has 80 valence electrons. The predicted octanol–water partition coefficient (Wildman–Crippen LogP) is 2.55. The second kappa shape index (κ2) is 4.18. The Bertz CT molecular complexity index is 575. The molecule has 0 aliphatic heterocycles. The summed E-state index contributed by atoms with van der Waals surface area (Å²) < 4.78 is 0. The van der Waals surface area contributed by atoms with Gasteiger partial charge in [0.1, 0.15) is 11.2 Å². The molecule has 0 N–H and O–H groups in total. The maximum Gasteiger partial charge on any atom is 0.162 e. The van der Waals surface area contributed by atoms with Gasteiger partial charge in [0, 0.05) is 24.2 Å². The minimum Gasteiger partial charge on any atom is -0.294 e. The summed E-state index contributed by atoms with van der Waals surface area (Å²) in [5.74, 6) is -0.0202. The molecule has 0 fully saturated rings. The molecule has 0 aliphatic carbocycles. The van der Waals surface area contributed by atoms with E-state index in [1.54, 1.807) is 37.7 Å². The van der Waals surface area contributed by atoms with Gasteiger partial charge in [0.15, 0.2) is 5.78 Å². The van der Waals surface area contributed by atoms with Gasteiger partial charge in [0.2, 0.25) is 0 Å². The third kappa shape index (κ3) is 1.69. The monoisotopic (exact) mass is 213 g/mol. The van der Waals surface area contributed by atoms with Crippen LogP contribution < -0.4 is 0 Å². The molecular weight excluding hydrogens is 202 g/mol. The number of carbonyl (C=O) groups excluding carboxylic acids is 1. The molecule has 0 bridgehead atoms. The highest BCUT2D eigenvalue weighted by molar-refractivity contribution is 6.05. The Labute approximate surface area is 93.1 Å². The van der Waals surface area contributed by atoms with Gasteiger partial charge in [-0.25, -0.2) is 0 Å². The zero-order chi connectivity index (χ0) is 11.5. The molecular formula is C12H11N3O. The lowest BCUT2D eigenvalue weighted by molar-refractivity contribution is 0.101. The van der Waals surface area contributed by atoms with Crippen LogP contribution in [0.25, 0.3) is 11.0 Å². The molecule has 0 atom stereocenters. The number of Topliss-reactive ketones (excluding diaryl/α,β-unsaturated/α-hetero) is 1. The van der Waals surface area contributed by atoms with Gasteiger partial charge in [-0.1, -0.05) is 0 Å². The van der Waals surface area contributed by atoms with Crippen LogP contribution in [0.2, 0.25) is 0 Å². The summed E-state index contributed by atoms with van der Waals surface area (Å²) in [7, 11) is 0. The van der Waals surface area contributed by atoms with Crippen molar-refractivity contribution < 1.29 is 4.79 Å². The van der Waals surface area contributed by atoms with Crippen LogP contribution in [0.5, 0.6) is 0 Å². The largest absolute Gasteiger partial charge is 0.294 e. The normalized spacial score (nSPS) is 11.1. The van der Waals surface area contributed by atoms with Crippen LogP contribution in [-0.4, -0.2) is 22.0 Å². The first-order chi connectivity index (χ1) is 7.74. The van der Waals surface area contributed by atoms with E-state index < -0.39 is 0 Å². The third-order valence-corrected chi connectivity index (χ3v) is 2.25. The van der Waals surface area contributed by atoms with E-state index in [4.69, 9.17) is 0 Å². The average Bonchev–Trinajstić information content (AvgIpc) is 2.29. The highest BCUT2D eigenvalue weighted by Crippen LogP contribution is 2.27. The molecule has 2 rings (SSSR count). The quantitative estimate of drug-likeness (QED) is 0.569. The Balaban J connectivity index is 2.84. The highest BCUT2D eigenvalue weighted by Gasteiger charge is 2.11. The minimum atomic E-state index is -0.0202. The van der Waals surface area contributed by atoms with E-state index in [2.05, 4.69) is 15.0 Å². The van der Waals surface area contributed by atoms with Crippen LogP contribution in [0.1, 0.15) is 24.2 Å². The van der Waals surface area contributed by atoms with Crippen LogP contribution in [0.3, 0.4) is 0 Å². The van der Waals surface area contributed by atoms with Crippen LogP contribution in [0, 0.1) is 0 Å². The highest BCUT2D eigenvalue weighted by atomic mass is 16.1. The third-order valence-electron chi connectivity index (χ3n) is 2.25. The standard InChI is InChI=1S/C12H11N3O/c1-3-13-11-9(8(2)16)4-5-10-12(11)15-7-6-14-10/h3-7H,1-2H3. The fourth-order valence-electron chi connectivity index (χ4n) is 1.57. The van der Waals surface area contributed by atoms with Crippen molar-refractivity contribution in [2.45, 2.75) is 13.8 Å². The Morgan fingerprint density at radius 3 is 2.75 bits per heavy atom. The van der Waals surface area contributed by atoms with Gasteiger partial charge in [-0.05, 0) is 26.0 Å². The molecule has 0 saturated carbocycles. The zero-order valence-corrected chi connectivity index (χ0v) is 9.14. The topological polar surface area (TPSA) is 55.2 Å². The number of carbonyl (C=O) groups is 1. The first-order valence-electron chi connectivity index (χ1n) is 4.97. The van der Waals surface area contributed by atoms with E-state index in [1.807, 2.05) is 0 Å². The molecule has 16 heavy (non-hydrogen) atoms. The Kier molecular flexibility index (Phi) is 2.72. The fourth-order valence-corrected chi connectivity index (χ4v) is 1.57. The van der Waals surface area contributed by atoms with Gasteiger partial charge >= 0.3 is 0 Å². The van der Waals surface area contributed by atoms with Gasteiger partial charge < -0.3 is 0 Å². The molecule has 1 aromatic carbocycles. The van der Waals surface area contributed by atoms with Crippen molar-refractivity contribution in [1.82, 2.24) is 9.97 Å². The summed E-state index contributed by atoms with van der Waals surface area (Å²) in [5, 5.41) is 0. The summed E-state index contributed by atoms with van der Waals surface area (Å²) in [6.07, 6.45) is 4.87. The second-order valence-corrected chi connectivity index (χ2v) is 3.33. The molecule has 0 spiro atoms. The molecule has 0 saturated heterocycles. The van der Waals surface area contributed by atoms with E-state index in [1.165, 1.54) is 6.92 Å². The fraction of sp³-hybridized carbons (Fsp3) is 0.167. The number of nitrogens with zero attached hydrogens (tertiary/aromatic N) is 3. The van der Waals surface area contributed by atoms with Crippen molar-refractivity contribution in [2.24, 2.45) is 4.99 Å². The van der Waals surface area contributed by atoms with Crippen molar-refractivity contribution in [1.29, 1.82) is 0 Å². The number of aliphatic imine (C=N–C) groups is 1. The Hall–Kier alpha value is -2.10. The van der Waals surface area contributed by atoms with E-state index >= 15 is 0 Å². The van der Waals surface area contributed by atoms with Crippen molar-refractivity contribution in [3.8, 4) is 0 Å². The number of fused-ring (bicyclic) bond motifs is 1. The number of hydrogen-bond donors (Lipinski definition) is 0. The molecule has 1 heterocycles. The van der Waals surface area contributed by atoms with Crippen LogP contribution in [0.15, 0.2) is 29.5 Å². The first kappa shape index (κ1) is 10.4. The van der Waals surface area contributed by atoms with E-state index in [0.717, 1.165) is 5.52 Å². The molecule has 4 nitrogen and oxygen atoms in total. The zero-order valence-electron chi connectivity index (χ0n) is 9.14. The lowest BCUT2D eigenvalue weighted by atomic mass is 10.1. The average molecular weight is 213 g/mol. The smallest absolute Gasteiger partial charge is 0.162 e. The van der Waals surface area contributed by atoms with E-state index in [-0.39, 0.29) is 5.78 Å². The van der Waals surface area contributed by atoms with Crippen molar-refractivity contribution >= 4 is 28.7 Å². The number of hydrogen-bond acceptors (Lipinski definition) is 4. The Morgan fingerprint density at radius 2 is 2.06 bits per heavy atom. The summed E-state index contributed by atoms with van der Waals surface area (Å²) in [5.41, 5.74) is 2.58. The SMILES string of the molecule is CC=Nc1c(C(C)=O)ccc2nccnc12.